The number of amides is 2. The number of aliphatic hydroxyl groups is 3. The average Bonchev–Trinajstić information content (AvgIpc) is 3.97. The molecule has 8 atom stereocenters. The lowest BCUT2D eigenvalue weighted by atomic mass is 10.1. The van der Waals surface area contributed by atoms with Crippen molar-refractivity contribution < 1.29 is 43.2 Å². The molecule has 4 aromatic heterocycles. The number of aliphatic hydroxyl groups excluding tert-OH is 3. The molecular weight excluding hydrogens is 849 g/mol. The quantitative estimate of drug-likeness (QED) is 0.108. The lowest BCUT2D eigenvalue weighted by molar-refractivity contribution is -0.0459. The molecule has 20 heteroatoms. The van der Waals surface area contributed by atoms with E-state index in [9.17, 15) is 33.7 Å². The zero-order valence-corrected chi connectivity index (χ0v) is 30.0. The van der Waals surface area contributed by atoms with Crippen molar-refractivity contribution in [3.05, 3.63) is 97.1 Å². The van der Waals surface area contributed by atoms with Gasteiger partial charge in [-0.15, -0.1) is 0 Å². The number of halogens is 3. The Morgan fingerprint density at radius 3 is 1.46 bits per heavy atom. The summed E-state index contributed by atoms with van der Waals surface area (Å²) < 4.78 is 43.1. The van der Waals surface area contributed by atoms with Gasteiger partial charge in [0, 0.05) is 15.6 Å². The van der Waals surface area contributed by atoms with Crippen LogP contribution in [0.15, 0.2) is 86.0 Å². The first-order valence-electron chi connectivity index (χ1n) is 16.4. The summed E-state index contributed by atoms with van der Waals surface area (Å²) in [6.45, 7) is -0.516. The summed E-state index contributed by atoms with van der Waals surface area (Å²) in [5, 5.41) is 34.3. The van der Waals surface area contributed by atoms with Gasteiger partial charge < -0.3 is 35.4 Å². The SMILES string of the molecule is C.C.O=C(Nc1ncnc2c1ncn2[C@@H]1O[C@H](CI)[C@@H](O)[C@H]1F)c1ccccc1.O=C(Nc1ncnc2c1ncn2[C@@H]1O[C@H](CO)[C@@H](O)[C@H]1F)c1ccccc1. The van der Waals surface area contributed by atoms with E-state index in [2.05, 4.69) is 40.5 Å². The van der Waals surface area contributed by atoms with Gasteiger partial charge in [0.05, 0.1) is 25.4 Å². The topological polar surface area (TPSA) is 225 Å². The number of carbonyl (C=O) groups excluding carboxylic acids is 2. The van der Waals surface area contributed by atoms with E-state index in [1.807, 2.05) is 28.7 Å². The van der Waals surface area contributed by atoms with E-state index in [1.165, 1.54) is 34.4 Å². The second kappa shape index (κ2) is 18.2. The zero-order valence-electron chi connectivity index (χ0n) is 27.8. The maximum atomic E-state index is 14.5. The minimum absolute atomic E-state index is 0. The van der Waals surface area contributed by atoms with Gasteiger partial charge in [-0.3, -0.25) is 18.7 Å². The zero-order chi connectivity index (χ0) is 37.9. The summed E-state index contributed by atoms with van der Waals surface area (Å²) in [5.41, 5.74) is 2.01. The smallest absolute Gasteiger partial charge is 0.256 e. The Bertz CT molecular complexity index is 2100. The molecule has 0 radical (unpaired) electrons. The van der Waals surface area contributed by atoms with Crippen LogP contribution in [-0.4, -0.2) is 114 Å². The van der Waals surface area contributed by atoms with E-state index in [-0.39, 0.29) is 49.5 Å². The van der Waals surface area contributed by atoms with E-state index >= 15 is 0 Å². The summed E-state index contributed by atoms with van der Waals surface area (Å²) in [7, 11) is 0. The van der Waals surface area contributed by atoms with Gasteiger partial charge in [-0.2, -0.15) is 0 Å². The minimum atomic E-state index is -1.77. The maximum Gasteiger partial charge on any atom is 0.256 e. The Hall–Kier alpha value is -5.13. The van der Waals surface area contributed by atoms with Crippen LogP contribution in [0.25, 0.3) is 22.3 Å². The van der Waals surface area contributed by atoms with Crippen LogP contribution in [0.3, 0.4) is 0 Å². The van der Waals surface area contributed by atoms with Crippen molar-refractivity contribution in [3.8, 4) is 0 Å². The number of rotatable bonds is 8. The molecule has 0 bridgehead atoms. The molecule has 56 heavy (non-hydrogen) atoms. The van der Waals surface area contributed by atoms with E-state index in [0.717, 1.165) is 0 Å². The van der Waals surface area contributed by atoms with Gasteiger partial charge in [-0.05, 0) is 24.3 Å². The van der Waals surface area contributed by atoms with E-state index < -0.39 is 55.8 Å². The first-order chi connectivity index (χ1) is 26.2. The van der Waals surface area contributed by atoms with Crippen molar-refractivity contribution in [1.82, 2.24) is 39.0 Å². The molecule has 6 heterocycles. The molecule has 2 fully saturated rings. The van der Waals surface area contributed by atoms with Crippen LogP contribution < -0.4 is 10.6 Å². The molecule has 5 N–H and O–H groups in total. The Labute approximate surface area is 332 Å². The highest BCUT2D eigenvalue weighted by Gasteiger charge is 2.46. The molecule has 2 aliphatic heterocycles. The van der Waals surface area contributed by atoms with Crippen LogP contribution in [-0.2, 0) is 9.47 Å². The monoisotopic (exact) mass is 888 g/mol. The third-order valence-corrected chi connectivity index (χ3v) is 9.59. The minimum Gasteiger partial charge on any atom is -0.394 e. The molecule has 17 nitrogen and oxygen atoms in total. The normalized spacial score (nSPS) is 24.1. The number of fused-ring (bicyclic) bond motifs is 2. The fraction of sp³-hybridized carbons (Fsp3) is 0.333. The Morgan fingerprint density at radius 1 is 0.679 bits per heavy atom. The van der Waals surface area contributed by atoms with Crippen molar-refractivity contribution in [2.75, 3.05) is 21.7 Å². The van der Waals surface area contributed by atoms with E-state index in [4.69, 9.17) is 9.47 Å². The predicted molar refractivity (Wildman–Crippen MR) is 208 cm³/mol. The standard InChI is InChI=1S/C17H15FIN5O3.C17H16FN5O4.2CH4/c18-11-13(25)10(6-19)27-17(11)24-8-22-12-14(20-7-21-15(12)24)23-16(26)9-4-2-1-3-5-9;18-11-13(25)10(6-24)27-17(11)23-8-21-12-14(19-7-20-15(12)23)22-16(26)9-4-2-1-3-5-9;;/h1-5,7-8,10-11,13,17,25H,6H2,(H,20,21,23,26);1-5,7-8,10-11,13,17,24-25H,6H2,(H,19,20,22,26);2*1H4/t2*10-,11-,13-,17-;;/m11../s1. The molecular formula is C36H39F2IN10O7. The van der Waals surface area contributed by atoms with Crippen molar-refractivity contribution >= 4 is 68.4 Å². The molecule has 0 saturated carbocycles. The van der Waals surface area contributed by atoms with Gasteiger partial charge in [-0.25, -0.2) is 38.7 Å². The van der Waals surface area contributed by atoms with Crippen LogP contribution >= 0.6 is 22.6 Å². The number of hydrogen-bond acceptors (Lipinski definition) is 13. The lowest BCUT2D eigenvalue weighted by Gasteiger charge is -2.15. The Kier molecular flexibility index (Phi) is 13.7. The highest BCUT2D eigenvalue weighted by molar-refractivity contribution is 14.1. The number of alkyl halides is 3. The molecule has 6 aromatic rings. The fourth-order valence-corrected chi connectivity index (χ4v) is 6.66. The van der Waals surface area contributed by atoms with Crippen LogP contribution in [0.5, 0.6) is 0 Å². The van der Waals surface area contributed by atoms with E-state index in [0.29, 0.717) is 26.7 Å². The van der Waals surface area contributed by atoms with E-state index in [1.54, 1.807) is 54.6 Å². The van der Waals surface area contributed by atoms with Crippen molar-refractivity contribution in [1.29, 1.82) is 0 Å². The lowest BCUT2D eigenvalue weighted by Crippen LogP contribution is -2.30. The Morgan fingerprint density at radius 2 is 1.09 bits per heavy atom. The molecule has 2 aromatic carbocycles. The molecule has 296 valence electrons. The second-order valence-corrected chi connectivity index (χ2v) is 13.0. The second-order valence-electron chi connectivity index (χ2n) is 12.1. The number of nitrogens with zero attached hydrogens (tertiary/aromatic N) is 8. The average molecular weight is 889 g/mol. The van der Waals surface area contributed by atoms with Gasteiger partial charge in [0.25, 0.3) is 11.8 Å². The molecule has 2 aliphatic rings. The largest absolute Gasteiger partial charge is 0.394 e. The number of anilines is 2. The molecule has 2 saturated heterocycles. The number of benzene rings is 2. The first kappa shape index (κ1) is 42.0. The predicted octanol–water partition coefficient (Wildman–Crippen LogP) is 4.05. The molecule has 0 spiro atoms. The van der Waals surface area contributed by atoms with Gasteiger partial charge >= 0.3 is 0 Å². The van der Waals surface area contributed by atoms with Crippen LogP contribution in [0.4, 0.5) is 20.4 Å². The van der Waals surface area contributed by atoms with Crippen LogP contribution in [0, 0.1) is 0 Å². The number of carbonyl (C=O) groups is 2. The summed E-state index contributed by atoms with van der Waals surface area (Å²) in [4.78, 5) is 49.4. The first-order valence-corrected chi connectivity index (χ1v) is 17.9. The fourth-order valence-electron chi connectivity index (χ4n) is 5.93. The number of aromatic nitrogens is 8. The maximum absolute atomic E-state index is 14.5. The van der Waals surface area contributed by atoms with Crippen LogP contribution in [0.1, 0.15) is 48.0 Å². The summed E-state index contributed by atoms with van der Waals surface area (Å²) in [5.74, 6) is -0.334. The third-order valence-electron chi connectivity index (χ3n) is 8.72. The third kappa shape index (κ3) is 8.20. The number of ether oxygens (including phenoxy) is 2. The number of imidazole rings is 2. The van der Waals surface area contributed by atoms with Gasteiger partial charge in [-0.1, -0.05) is 73.8 Å². The van der Waals surface area contributed by atoms with Crippen molar-refractivity contribution in [2.45, 2.75) is 64.1 Å². The molecule has 0 aliphatic carbocycles. The molecule has 2 amide bonds. The summed E-state index contributed by atoms with van der Waals surface area (Å²) in [6, 6.07) is 17.3. The van der Waals surface area contributed by atoms with Crippen molar-refractivity contribution in [2.24, 2.45) is 0 Å². The Balaban J connectivity index is 0.000000207. The molecule has 8 rings (SSSR count). The van der Waals surface area contributed by atoms with Gasteiger partial charge in [0.15, 0.2) is 58.8 Å². The highest BCUT2D eigenvalue weighted by Crippen LogP contribution is 2.36. The summed E-state index contributed by atoms with van der Waals surface area (Å²) >= 11 is 2.04. The number of nitrogens with one attached hydrogen (secondary N) is 2. The van der Waals surface area contributed by atoms with Gasteiger partial charge in [0.2, 0.25) is 0 Å². The number of hydrogen-bond donors (Lipinski definition) is 5. The van der Waals surface area contributed by atoms with Crippen molar-refractivity contribution in [3.63, 3.8) is 0 Å². The molecule has 0 unspecified atom stereocenters. The van der Waals surface area contributed by atoms with Crippen LogP contribution in [0.2, 0.25) is 0 Å². The summed E-state index contributed by atoms with van der Waals surface area (Å²) in [6.07, 6.45) is -4.82. The van der Waals surface area contributed by atoms with Gasteiger partial charge in [0.1, 0.15) is 31.0 Å². The highest BCUT2D eigenvalue weighted by atomic mass is 127.